The molecule has 0 spiro atoms. The van der Waals surface area contributed by atoms with Gasteiger partial charge in [-0.25, -0.2) is 4.79 Å². The highest BCUT2D eigenvalue weighted by Crippen LogP contribution is 2.20. The average molecular weight is 336 g/mol. The summed E-state index contributed by atoms with van der Waals surface area (Å²) in [6.07, 6.45) is 3.88. The van der Waals surface area contributed by atoms with E-state index < -0.39 is 0 Å². The number of imidazole rings is 1. The van der Waals surface area contributed by atoms with E-state index in [0.29, 0.717) is 0 Å². The number of H-pyrrole nitrogens is 1. The monoisotopic (exact) mass is 336 g/mol. The number of anilines is 2. The fourth-order valence-corrected chi connectivity index (χ4v) is 3.58. The van der Waals surface area contributed by atoms with Crippen LogP contribution in [0.5, 0.6) is 0 Å². The number of para-hydroxylation sites is 1. The van der Waals surface area contributed by atoms with Crippen molar-refractivity contribution in [1.82, 2.24) is 14.5 Å². The number of likely N-dealkylation sites (tertiary alicyclic amines) is 1. The van der Waals surface area contributed by atoms with Gasteiger partial charge < -0.3 is 15.2 Å². The highest BCUT2D eigenvalue weighted by atomic mass is 16.1. The molecule has 2 aromatic carbocycles. The Morgan fingerprint density at radius 3 is 2.52 bits per heavy atom. The molecule has 0 radical (unpaired) electrons. The summed E-state index contributed by atoms with van der Waals surface area (Å²) >= 11 is 0. The van der Waals surface area contributed by atoms with Crippen LogP contribution in [-0.4, -0.2) is 34.1 Å². The van der Waals surface area contributed by atoms with Gasteiger partial charge >= 0.3 is 5.69 Å². The highest BCUT2D eigenvalue weighted by molar-refractivity contribution is 5.80. The van der Waals surface area contributed by atoms with E-state index in [0.717, 1.165) is 48.6 Å². The van der Waals surface area contributed by atoms with Crippen LogP contribution in [0.25, 0.3) is 11.0 Å². The molecule has 0 unspecified atom stereocenters. The van der Waals surface area contributed by atoms with Gasteiger partial charge in [0.15, 0.2) is 0 Å². The van der Waals surface area contributed by atoms with E-state index in [1.807, 2.05) is 53.1 Å². The van der Waals surface area contributed by atoms with Crippen molar-refractivity contribution < 1.29 is 0 Å². The van der Waals surface area contributed by atoms with Gasteiger partial charge in [0, 0.05) is 24.5 Å². The number of hydrogen-bond donors (Lipinski definition) is 2. The minimum Gasteiger partial charge on any atom is -0.355 e. The first-order valence-corrected chi connectivity index (χ1v) is 9.06. The van der Waals surface area contributed by atoms with E-state index >= 15 is 0 Å². The molecular formula is C20H24N4O. The molecule has 2 heterocycles. The minimum atomic E-state index is -0.0242. The lowest BCUT2D eigenvalue weighted by atomic mass is 10.1. The number of nitrogens with zero attached hydrogens (tertiary/aromatic N) is 2. The van der Waals surface area contributed by atoms with Crippen molar-refractivity contribution >= 4 is 22.4 Å². The zero-order valence-electron chi connectivity index (χ0n) is 14.4. The second kappa shape index (κ2) is 7.15. The van der Waals surface area contributed by atoms with Crippen LogP contribution in [0.4, 0.5) is 11.4 Å². The smallest absolute Gasteiger partial charge is 0.326 e. The number of benzene rings is 2. The Hall–Kier alpha value is -2.53. The van der Waals surface area contributed by atoms with E-state index in [2.05, 4.69) is 15.2 Å². The standard InChI is InChI=1S/C20H24N4O/c25-20-22-18-15-17(21-16-7-3-1-4-8-16)9-10-19(18)24(20)14-13-23-11-5-2-6-12-23/h1,3-4,7-10,15,21H,2,5-6,11-14H2,(H,22,25). The van der Waals surface area contributed by atoms with Gasteiger partial charge in [-0.05, 0) is 56.3 Å². The minimum absolute atomic E-state index is 0.0242. The van der Waals surface area contributed by atoms with E-state index in [1.54, 1.807) is 0 Å². The molecule has 4 rings (SSSR count). The molecule has 5 heteroatoms. The average Bonchev–Trinajstić information content (AvgIpc) is 2.96. The molecule has 1 fully saturated rings. The zero-order valence-corrected chi connectivity index (χ0v) is 14.4. The molecule has 25 heavy (non-hydrogen) atoms. The maximum atomic E-state index is 12.3. The summed E-state index contributed by atoms with van der Waals surface area (Å²) in [5, 5.41) is 3.37. The van der Waals surface area contributed by atoms with Gasteiger partial charge in [-0.15, -0.1) is 0 Å². The van der Waals surface area contributed by atoms with Crippen LogP contribution in [0.1, 0.15) is 19.3 Å². The quantitative estimate of drug-likeness (QED) is 0.749. The predicted molar refractivity (Wildman–Crippen MR) is 103 cm³/mol. The number of fused-ring (bicyclic) bond motifs is 1. The van der Waals surface area contributed by atoms with Crippen molar-refractivity contribution in [2.24, 2.45) is 0 Å². The summed E-state index contributed by atoms with van der Waals surface area (Å²) in [7, 11) is 0. The van der Waals surface area contributed by atoms with Crippen molar-refractivity contribution in [2.45, 2.75) is 25.8 Å². The number of aromatic nitrogens is 2. The first-order chi connectivity index (χ1) is 12.3. The molecule has 0 aliphatic carbocycles. The third-order valence-electron chi connectivity index (χ3n) is 4.93. The van der Waals surface area contributed by atoms with E-state index in [9.17, 15) is 4.79 Å². The zero-order chi connectivity index (χ0) is 17.1. The summed E-state index contributed by atoms with van der Waals surface area (Å²) in [5.41, 5.74) is 3.84. The summed E-state index contributed by atoms with van der Waals surface area (Å²) < 4.78 is 1.86. The van der Waals surface area contributed by atoms with Gasteiger partial charge in [-0.1, -0.05) is 24.6 Å². The topological polar surface area (TPSA) is 53.1 Å². The Kier molecular flexibility index (Phi) is 4.57. The molecule has 1 saturated heterocycles. The Labute approximate surface area is 147 Å². The SMILES string of the molecule is O=c1[nH]c2cc(Nc3ccccc3)ccc2n1CCN1CCCCC1. The van der Waals surface area contributed by atoms with Gasteiger partial charge in [0.25, 0.3) is 0 Å². The maximum Gasteiger partial charge on any atom is 0.326 e. The third kappa shape index (κ3) is 3.61. The van der Waals surface area contributed by atoms with Crippen LogP contribution in [0, 0.1) is 0 Å². The summed E-state index contributed by atoms with van der Waals surface area (Å²) in [6, 6.07) is 16.1. The Bertz CT molecular complexity index is 891. The summed E-state index contributed by atoms with van der Waals surface area (Å²) in [6.45, 7) is 3.99. The van der Waals surface area contributed by atoms with E-state index in [4.69, 9.17) is 0 Å². The molecule has 0 atom stereocenters. The van der Waals surface area contributed by atoms with Crippen LogP contribution >= 0.6 is 0 Å². The third-order valence-corrected chi connectivity index (χ3v) is 4.93. The van der Waals surface area contributed by atoms with Crippen LogP contribution < -0.4 is 11.0 Å². The van der Waals surface area contributed by atoms with Crippen molar-refractivity contribution in [3.8, 4) is 0 Å². The first-order valence-electron chi connectivity index (χ1n) is 9.06. The Morgan fingerprint density at radius 2 is 1.72 bits per heavy atom. The molecular weight excluding hydrogens is 312 g/mol. The lowest BCUT2D eigenvalue weighted by molar-refractivity contribution is 0.221. The second-order valence-electron chi connectivity index (χ2n) is 6.71. The number of hydrogen-bond acceptors (Lipinski definition) is 3. The second-order valence-corrected chi connectivity index (χ2v) is 6.71. The van der Waals surface area contributed by atoms with Gasteiger partial charge in [0.1, 0.15) is 0 Å². The van der Waals surface area contributed by atoms with Crippen LogP contribution in [0.3, 0.4) is 0 Å². The van der Waals surface area contributed by atoms with Crippen molar-refractivity contribution in [3.05, 3.63) is 59.0 Å². The lowest BCUT2D eigenvalue weighted by Gasteiger charge is -2.26. The molecule has 3 aromatic rings. The molecule has 1 aliphatic heterocycles. The van der Waals surface area contributed by atoms with Crippen LogP contribution in [-0.2, 0) is 6.54 Å². The molecule has 130 valence electrons. The highest BCUT2D eigenvalue weighted by Gasteiger charge is 2.12. The number of rotatable bonds is 5. The molecule has 2 N–H and O–H groups in total. The Balaban J connectivity index is 1.52. The number of nitrogens with one attached hydrogen (secondary N) is 2. The fraction of sp³-hybridized carbons (Fsp3) is 0.350. The van der Waals surface area contributed by atoms with Gasteiger partial charge in [-0.2, -0.15) is 0 Å². The largest absolute Gasteiger partial charge is 0.355 e. The van der Waals surface area contributed by atoms with E-state index in [-0.39, 0.29) is 5.69 Å². The molecule has 1 aromatic heterocycles. The summed E-state index contributed by atoms with van der Waals surface area (Å²) in [4.78, 5) is 17.8. The van der Waals surface area contributed by atoms with Gasteiger partial charge in [0.2, 0.25) is 0 Å². The number of piperidine rings is 1. The molecule has 5 nitrogen and oxygen atoms in total. The van der Waals surface area contributed by atoms with E-state index in [1.165, 1.54) is 19.3 Å². The van der Waals surface area contributed by atoms with Crippen molar-refractivity contribution in [2.75, 3.05) is 25.0 Å². The Morgan fingerprint density at radius 1 is 0.920 bits per heavy atom. The number of aromatic amines is 1. The molecule has 0 bridgehead atoms. The normalized spacial score (nSPS) is 15.5. The van der Waals surface area contributed by atoms with Crippen molar-refractivity contribution in [1.29, 1.82) is 0 Å². The molecule has 0 saturated carbocycles. The maximum absolute atomic E-state index is 12.3. The van der Waals surface area contributed by atoms with Gasteiger partial charge in [-0.3, -0.25) is 4.57 Å². The lowest BCUT2D eigenvalue weighted by Crippen LogP contribution is -2.34. The van der Waals surface area contributed by atoms with Gasteiger partial charge in [0.05, 0.1) is 11.0 Å². The molecule has 1 aliphatic rings. The van der Waals surface area contributed by atoms with Crippen LogP contribution in [0.15, 0.2) is 53.3 Å². The fourth-order valence-electron chi connectivity index (χ4n) is 3.58. The predicted octanol–water partition coefficient (Wildman–Crippen LogP) is 3.56. The first kappa shape index (κ1) is 16.0. The molecule has 0 amide bonds. The van der Waals surface area contributed by atoms with Crippen molar-refractivity contribution in [3.63, 3.8) is 0 Å². The van der Waals surface area contributed by atoms with Crippen LogP contribution in [0.2, 0.25) is 0 Å². The summed E-state index contributed by atoms with van der Waals surface area (Å²) in [5.74, 6) is 0.